The normalized spacial score (nSPS) is 20.1. The Bertz CT molecular complexity index is 467. The summed E-state index contributed by atoms with van der Waals surface area (Å²) in [6.45, 7) is 0.404. The van der Waals surface area contributed by atoms with Gasteiger partial charge in [-0.05, 0) is 25.0 Å². The maximum absolute atomic E-state index is 12.5. The van der Waals surface area contributed by atoms with Crippen LogP contribution in [0.4, 0.5) is 13.2 Å². The van der Waals surface area contributed by atoms with E-state index in [2.05, 4.69) is 4.98 Å². The number of carboxylic acids is 1. The molecular weight excluding hydrogens is 251 g/mol. The van der Waals surface area contributed by atoms with Crippen molar-refractivity contribution in [2.45, 2.75) is 25.1 Å². The minimum atomic E-state index is -4.59. The standard InChI is InChI=1S/C11H10F3NO3/c12-11(13,14)8-4-3-6(10(16)17)9(15-8)7-2-1-5-18-7/h3-4,7H,1-2,5H2,(H,16,17)/t7-/m1/s1. The second kappa shape index (κ2) is 4.56. The highest BCUT2D eigenvalue weighted by Crippen LogP contribution is 2.33. The van der Waals surface area contributed by atoms with Gasteiger partial charge in [0.25, 0.3) is 0 Å². The highest BCUT2D eigenvalue weighted by molar-refractivity contribution is 5.89. The molecule has 1 fully saturated rings. The van der Waals surface area contributed by atoms with Gasteiger partial charge in [0.2, 0.25) is 0 Å². The molecule has 98 valence electrons. The molecule has 0 amide bonds. The fourth-order valence-corrected chi connectivity index (χ4v) is 1.85. The summed E-state index contributed by atoms with van der Waals surface area (Å²) in [5, 5.41) is 8.94. The van der Waals surface area contributed by atoms with E-state index in [1.54, 1.807) is 0 Å². The number of carbonyl (C=O) groups is 1. The van der Waals surface area contributed by atoms with Gasteiger partial charge in [0.1, 0.15) is 11.8 Å². The van der Waals surface area contributed by atoms with E-state index in [1.165, 1.54) is 0 Å². The molecule has 1 aliphatic rings. The highest BCUT2D eigenvalue weighted by atomic mass is 19.4. The third-order valence-electron chi connectivity index (χ3n) is 2.68. The molecule has 2 rings (SSSR count). The molecule has 0 saturated carbocycles. The number of ether oxygens (including phenoxy) is 1. The molecule has 1 aromatic rings. The van der Waals surface area contributed by atoms with E-state index in [-0.39, 0.29) is 11.3 Å². The number of aromatic carboxylic acids is 1. The van der Waals surface area contributed by atoms with Gasteiger partial charge >= 0.3 is 12.1 Å². The number of rotatable bonds is 2. The van der Waals surface area contributed by atoms with Crippen LogP contribution in [0.2, 0.25) is 0 Å². The molecule has 1 atom stereocenters. The summed E-state index contributed by atoms with van der Waals surface area (Å²) in [5.74, 6) is -1.30. The lowest BCUT2D eigenvalue weighted by Gasteiger charge is -2.14. The van der Waals surface area contributed by atoms with Crippen LogP contribution < -0.4 is 0 Å². The summed E-state index contributed by atoms with van der Waals surface area (Å²) in [4.78, 5) is 14.4. The van der Waals surface area contributed by atoms with Crippen molar-refractivity contribution in [3.8, 4) is 0 Å². The molecule has 0 spiro atoms. The van der Waals surface area contributed by atoms with E-state index in [4.69, 9.17) is 9.84 Å². The molecule has 4 nitrogen and oxygen atoms in total. The van der Waals surface area contributed by atoms with E-state index >= 15 is 0 Å². The maximum Gasteiger partial charge on any atom is 0.433 e. The number of halogens is 3. The molecule has 0 aromatic carbocycles. The smallest absolute Gasteiger partial charge is 0.433 e. The van der Waals surface area contributed by atoms with Gasteiger partial charge in [-0.2, -0.15) is 13.2 Å². The van der Waals surface area contributed by atoms with Crippen LogP contribution in [0.1, 0.15) is 40.7 Å². The fraction of sp³-hybridized carbons (Fsp3) is 0.455. The second-order valence-electron chi connectivity index (χ2n) is 3.93. The van der Waals surface area contributed by atoms with Gasteiger partial charge in [0.05, 0.1) is 11.3 Å². The SMILES string of the molecule is O=C(O)c1ccc(C(F)(F)F)nc1[C@H]1CCCO1. The number of pyridine rings is 1. The number of hydrogen-bond donors (Lipinski definition) is 1. The zero-order chi connectivity index (χ0) is 13.3. The lowest BCUT2D eigenvalue weighted by molar-refractivity contribution is -0.141. The Morgan fingerprint density at radius 2 is 2.17 bits per heavy atom. The Hall–Kier alpha value is -1.63. The summed E-state index contributed by atoms with van der Waals surface area (Å²) >= 11 is 0. The zero-order valence-corrected chi connectivity index (χ0v) is 9.20. The maximum atomic E-state index is 12.5. The van der Waals surface area contributed by atoms with Crippen LogP contribution in [-0.4, -0.2) is 22.7 Å². The molecule has 1 aliphatic heterocycles. The first-order valence-corrected chi connectivity index (χ1v) is 5.32. The van der Waals surface area contributed by atoms with Crippen LogP contribution >= 0.6 is 0 Å². The van der Waals surface area contributed by atoms with E-state index in [1.807, 2.05) is 0 Å². The van der Waals surface area contributed by atoms with Crippen molar-refractivity contribution >= 4 is 5.97 Å². The zero-order valence-electron chi connectivity index (χ0n) is 9.20. The molecule has 1 saturated heterocycles. The predicted molar refractivity (Wildman–Crippen MR) is 54.1 cm³/mol. The Labute approximate surface area is 100 Å². The van der Waals surface area contributed by atoms with Crippen LogP contribution in [-0.2, 0) is 10.9 Å². The largest absolute Gasteiger partial charge is 0.478 e. The van der Waals surface area contributed by atoms with Crippen LogP contribution in [0.25, 0.3) is 0 Å². The van der Waals surface area contributed by atoms with E-state index in [9.17, 15) is 18.0 Å². The Morgan fingerprint density at radius 1 is 1.44 bits per heavy atom. The number of hydrogen-bond acceptors (Lipinski definition) is 3. The summed E-state index contributed by atoms with van der Waals surface area (Å²) in [6.07, 6.45) is -4.10. The molecule has 1 N–H and O–H groups in total. The van der Waals surface area contributed by atoms with Crippen molar-refractivity contribution in [3.63, 3.8) is 0 Å². The molecule has 0 bridgehead atoms. The van der Waals surface area contributed by atoms with Gasteiger partial charge in [0, 0.05) is 6.61 Å². The first-order chi connectivity index (χ1) is 8.39. The average molecular weight is 261 g/mol. The van der Waals surface area contributed by atoms with Gasteiger partial charge in [0.15, 0.2) is 0 Å². The molecule has 1 aromatic heterocycles. The third-order valence-corrected chi connectivity index (χ3v) is 2.68. The van der Waals surface area contributed by atoms with Crippen LogP contribution in [0.5, 0.6) is 0 Å². The quantitative estimate of drug-likeness (QED) is 0.889. The van der Waals surface area contributed by atoms with Crippen molar-refractivity contribution < 1.29 is 27.8 Å². The van der Waals surface area contributed by atoms with E-state index in [0.717, 1.165) is 6.07 Å². The summed E-state index contributed by atoms with van der Waals surface area (Å²) in [7, 11) is 0. The van der Waals surface area contributed by atoms with Gasteiger partial charge in [-0.1, -0.05) is 0 Å². The summed E-state index contributed by atoms with van der Waals surface area (Å²) in [5.41, 5.74) is -1.48. The van der Waals surface area contributed by atoms with E-state index < -0.39 is 23.9 Å². The van der Waals surface area contributed by atoms with Crippen LogP contribution in [0, 0.1) is 0 Å². The van der Waals surface area contributed by atoms with Gasteiger partial charge in [-0.25, -0.2) is 9.78 Å². The number of carboxylic acid groups (broad SMARTS) is 1. The van der Waals surface area contributed by atoms with Crippen LogP contribution in [0.3, 0.4) is 0 Å². The third kappa shape index (κ3) is 2.45. The molecule has 0 unspecified atom stereocenters. The van der Waals surface area contributed by atoms with E-state index in [0.29, 0.717) is 25.5 Å². The summed E-state index contributed by atoms with van der Waals surface area (Å²) < 4.78 is 42.8. The van der Waals surface area contributed by atoms with Crippen LogP contribution in [0.15, 0.2) is 12.1 Å². The van der Waals surface area contributed by atoms with Gasteiger partial charge in [-0.3, -0.25) is 0 Å². The number of aromatic nitrogens is 1. The molecule has 7 heteroatoms. The topological polar surface area (TPSA) is 59.4 Å². The monoisotopic (exact) mass is 261 g/mol. The predicted octanol–water partition coefficient (Wildman–Crippen LogP) is 2.65. The van der Waals surface area contributed by atoms with Crippen molar-refractivity contribution in [2.75, 3.05) is 6.61 Å². The number of alkyl halides is 3. The van der Waals surface area contributed by atoms with Crippen molar-refractivity contribution in [1.82, 2.24) is 4.98 Å². The van der Waals surface area contributed by atoms with Crippen molar-refractivity contribution in [3.05, 3.63) is 29.1 Å². The Balaban J connectivity index is 2.47. The average Bonchev–Trinajstić information content (AvgIpc) is 2.80. The lowest BCUT2D eigenvalue weighted by Crippen LogP contribution is -2.15. The van der Waals surface area contributed by atoms with Gasteiger partial charge < -0.3 is 9.84 Å². The fourth-order valence-electron chi connectivity index (χ4n) is 1.85. The summed E-state index contributed by atoms with van der Waals surface area (Å²) in [6, 6.07) is 1.59. The Kier molecular flexibility index (Phi) is 3.25. The molecular formula is C11H10F3NO3. The molecule has 0 radical (unpaired) electrons. The number of nitrogens with zero attached hydrogens (tertiary/aromatic N) is 1. The minimum absolute atomic E-state index is 0.144. The minimum Gasteiger partial charge on any atom is -0.478 e. The Morgan fingerprint density at radius 3 is 2.67 bits per heavy atom. The lowest BCUT2D eigenvalue weighted by atomic mass is 10.1. The first-order valence-electron chi connectivity index (χ1n) is 5.32. The molecule has 18 heavy (non-hydrogen) atoms. The van der Waals surface area contributed by atoms with Gasteiger partial charge in [-0.15, -0.1) is 0 Å². The first kappa shape index (κ1) is 12.8. The molecule has 2 heterocycles. The molecule has 0 aliphatic carbocycles. The highest BCUT2D eigenvalue weighted by Gasteiger charge is 2.35. The second-order valence-corrected chi connectivity index (χ2v) is 3.93. The van der Waals surface area contributed by atoms with Crippen molar-refractivity contribution in [2.24, 2.45) is 0 Å². The van der Waals surface area contributed by atoms with Crippen molar-refractivity contribution in [1.29, 1.82) is 0 Å².